The van der Waals surface area contributed by atoms with Gasteiger partial charge in [0.15, 0.2) is 0 Å². The van der Waals surface area contributed by atoms with Gasteiger partial charge in [0.1, 0.15) is 0 Å². The molecule has 0 aromatic heterocycles. The molecule has 0 bridgehead atoms. The predicted molar refractivity (Wildman–Crippen MR) is 76.6 cm³/mol. The van der Waals surface area contributed by atoms with Crippen molar-refractivity contribution in [3.63, 3.8) is 0 Å². The molecule has 0 spiro atoms. The number of halogens is 3. The third kappa shape index (κ3) is 4.76. The monoisotopic (exact) mass is 322 g/mol. The number of hydrogen-bond acceptors (Lipinski definition) is 2. The molecule has 0 radical (unpaired) electrons. The van der Waals surface area contributed by atoms with E-state index >= 15 is 0 Å². The molecule has 2 fully saturated rings. The van der Waals surface area contributed by atoms with Crippen molar-refractivity contribution in [2.24, 2.45) is 0 Å². The van der Waals surface area contributed by atoms with Gasteiger partial charge in [-0.05, 0) is 32.1 Å². The third-order valence-corrected chi connectivity index (χ3v) is 4.73. The predicted octanol–water partition coefficient (Wildman–Crippen LogP) is 3.46. The van der Waals surface area contributed by atoms with E-state index < -0.39 is 12.6 Å². The van der Waals surface area contributed by atoms with E-state index in [1.807, 2.05) is 0 Å². The van der Waals surface area contributed by atoms with Crippen LogP contribution in [0.1, 0.15) is 51.4 Å². The molecule has 0 aliphatic heterocycles. The number of methoxy groups -OCH3 is 1. The number of amides is 2. The standard InChI is InChI=1S/C15H25F3N2O2/c1-22-13-8-3-2-7-12(13)19-14(21)20(11-5-4-6-11)10-9-15(16,17)18/h11-13H,2-10H2,1H3,(H,19,21)/t12-,13-/m0/s1. The molecule has 0 saturated heterocycles. The van der Waals surface area contributed by atoms with Crippen molar-refractivity contribution in [3.05, 3.63) is 0 Å². The molecule has 2 saturated carbocycles. The minimum absolute atomic E-state index is 0.0384. The number of urea groups is 1. The number of nitrogens with one attached hydrogen (secondary N) is 1. The highest BCUT2D eigenvalue weighted by Crippen LogP contribution is 2.28. The number of carbonyl (C=O) groups excluding carboxylic acids is 1. The van der Waals surface area contributed by atoms with Gasteiger partial charge in [0.05, 0.1) is 18.6 Å². The van der Waals surface area contributed by atoms with Crippen LogP contribution in [-0.4, -0.2) is 48.9 Å². The van der Waals surface area contributed by atoms with Crippen molar-refractivity contribution >= 4 is 6.03 Å². The summed E-state index contributed by atoms with van der Waals surface area (Å²) in [5, 5.41) is 2.90. The Bertz CT molecular complexity index is 372. The molecule has 0 heterocycles. The Morgan fingerprint density at radius 3 is 2.41 bits per heavy atom. The summed E-state index contributed by atoms with van der Waals surface area (Å²) in [5.41, 5.74) is 0. The maximum absolute atomic E-state index is 12.5. The highest BCUT2D eigenvalue weighted by molar-refractivity contribution is 5.75. The summed E-state index contributed by atoms with van der Waals surface area (Å²) in [4.78, 5) is 13.8. The number of hydrogen-bond donors (Lipinski definition) is 1. The second-order valence-corrected chi connectivity index (χ2v) is 6.26. The Balaban J connectivity index is 1.92. The molecule has 0 aromatic carbocycles. The molecule has 2 aliphatic carbocycles. The second-order valence-electron chi connectivity index (χ2n) is 6.26. The molecule has 2 amide bonds. The number of ether oxygens (including phenoxy) is 1. The first-order chi connectivity index (χ1) is 10.4. The zero-order valence-electron chi connectivity index (χ0n) is 13.0. The lowest BCUT2D eigenvalue weighted by Crippen LogP contribution is -2.55. The van der Waals surface area contributed by atoms with Crippen molar-refractivity contribution < 1.29 is 22.7 Å². The van der Waals surface area contributed by atoms with E-state index in [-0.39, 0.29) is 30.8 Å². The van der Waals surface area contributed by atoms with Crippen LogP contribution in [0.15, 0.2) is 0 Å². The molecule has 128 valence electrons. The molecule has 4 nitrogen and oxygen atoms in total. The Labute approximate surface area is 129 Å². The van der Waals surface area contributed by atoms with E-state index in [4.69, 9.17) is 4.74 Å². The van der Waals surface area contributed by atoms with Gasteiger partial charge in [-0.25, -0.2) is 4.79 Å². The molecular formula is C15H25F3N2O2. The summed E-state index contributed by atoms with van der Waals surface area (Å²) in [6.45, 7) is -0.260. The molecule has 2 aliphatic rings. The average molecular weight is 322 g/mol. The largest absolute Gasteiger partial charge is 0.390 e. The molecule has 2 atom stereocenters. The van der Waals surface area contributed by atoms with E-state index in [2.05, 4.69) is 5.32 Å². The maximum atomic E-state index is 12.5. The smallest absolute Gasteiger partial charge is 0.379 e. The van der Waals surface area contributed by atoms with Crippen LogP contribution >= 0.6 is 0 Å². The van der Waals surface area contributed by atoms with Crippen LogP contribution in [0.5, 0.6) is 0 Å². The lowest BCUT2D eigenvalue weighted by Gasteiger charge is -2.40. The second kappa shape index (κ2) is 7.53. The van der Waals surface area contributed by atoms with Crippen LogP contribution < -0.4 is 5.32 Å². The van der Waals surface area contributed by atoms with Gasteiger partial charge in [0, 0.05) is 19.7 Å². The van der Waals surface area contributed by atoms with Crippen LogP contribution in [0, 0.1) is 0 Å². The van der Waals surface area contributed by atoms with E-state index in [0.717, 1.165) is 44.9 Å². The number of rotatable bonds is 5. The first-order valence-corrected chi connectivity index (χ1v) is 8.07. The van der Waals surface area contributed by atoms with Gasteiger partial charge in [-0.3, -0.25) is 0 Å². The first-order valence-electron chi connectivity index (χ1n) is 8.07. The van der Waals surface area contributed by atoms with Gasteiger partial charge < -0.3 is 15.0 Å². The van der Waals surface area contributed by atoms with Crippen molar-refractivity contribution in [1.29, 1.82) is 0 Å². The Kier molecular flexibility index (Phi) is 5.94. The quantitative estimate of drug-likeness (QED) is 0.842. The van der Waals surface area contributed by atoms with Gasteiger partial charge in [-0.15, -0.1) is 0 Å². The topological polar surface area (TPSA) is 41.6 Å². The molecule has 22 heavy (non-hydrogen) atoms. The Morgan fingerprint density at radius 1 is 1.18 bits per heavy atom. The van der Waals surface area contributed by atoms with E-state index in [1.54, 1.807) is 7.11 Å². The van der Waals surface area contributed by atoms with Gasteiger partial charge >= 0.3 is 12.2 Å². The summed E-state index contributed by atoms with van der Waals surface area (Å²) in [6.07, 6.45) is 1.12. The number of alkyl halides is 3. The van der Waals surface area contributed by atoms with Crippen molar-refractivity contribution in [2.75, 3.05) is 13.7 Å². The van der Waals surface area contributed by atoms with Crippen LogP contribution in [0.3, 0.4) is 0 Å². The van der Waals surface area contributed by atoms with Crippen molar-refractivity contribution in [2.45, 2.75) is 75.7 Å². The summed E-state index contributed by atoms with van der Waals surface area (Å²) in [6, 6.07) is -0.519. The van der Waals surface area contributed by atoms with E-state index in [0.29, 0.717) is 0 Å². The van der Waals surface area contributed by atoms with Crippen molar-refractivity contribution in [1.82, 2.24) is 10.2 Å². The fourth-order valence-corrected chi connectivity index (χ4v) is 3.18. The maximum Gasteiger partial charge on any atom is 0.390 e. The zero-order chi connectivity index (χ0) is 16.2. The van der Waals surface area contributed by atoms with Gasteiger partial charge in [0.25, 0.3) is 0 Å². The third-order valence-electron chi connectivity index (χ3n) is 4.73. The SMILES string of the molecule is CO[C@H]1CCCC[C@@H]1NC(=O)N(CCC(F)(F)F)C1CCC1. The Morgan fingerprint density at radius 2 is 1.86 bits per heavy atom. The van der Waals surface area contributed by atoms with Gasteiger partial charge in [-0.2, -0.15) is 13.2 Å². The zero-order valence-corrected chi connectivity index (χ0v) is 13.0. The fraction of sp³-hybridized carbons (Fsp3) is 0.933. The molecule has 0 aromatic rings. The summed E-state index contributed by atoms with van der Waals surface area (Å²) in [7, 11) is 1.61. The highest BCUT2D eigenvalue weighted by atomic mass is 19.4. The lowest BCUT2D eigenvalue weighted by atomic mass is 9.91. The normalized spacial score (nSPS) is 26.4. The molecular weight excluding hydrogens is 297 g/mol. The first kappa shape index (κ1) is 17.4. The number of carbonyl (C=O) groups is 1. The molecule has 1 N–H and O–H groups in total. The van der Waals surface area contributed by atoms with E-state index in [1.165, 1.54) is 4.90 Å². The summed E-state index contributed by atoms with van der Waals surface area (Å²) >= 11 is 0. The average Bonchev–Trinajstić information content (AvgIpc) is 2.40. The van der Waals surface area contributed by atoms with Crippen LogP contribution in [-0.2, 0) is 4.74 Å². The van der Waals surface area contributed by atoms with Crippen molar-refractivity contribution in [3.8, 4) is 0 Å². The molecule has 0 unspecified atom stereocenters. The summed E-state index contributed by atoms with van der Waals surface area (Å²) in [5.74, 6) is 0. The van der Waals surface area contributed by atoms with E-state index in [9.17, 15) is 18.0 Å². The van der Waals surface area contributed by atoms with Crippen LogP contribution in [0.25, 0.3) is 0 Å². The van der Waals surface area contributed by atoms with Gasteiger partial charge in [0.2, 0.25) is 0 Å². The lowest BCUT2D eigenvalue weighted by molar-refractivity contribution is -0.138. The molecule has 2 rings (SSSR count). The minimum atomic E-state index is -4.23. The fourth-order valence-electron chi connectivity index (χ4n) is 3.18. The minimum Gasteiger partial charge on any atom is -0.379 e. The molecule has 7 heteroatoms. The number of nitrogens with zero attached hydrogens (tertiary/aromatic N) is 1. The van der Waals surface area contributed by atoms with Crippen LogP contribution in [0.4, 0.5) is 18.0 Å². The van der Waals surface area contributed by atoms with Crippen LogP contribution in [0.2, 0.25) is 0 Å². The Hall–Kier alpha value is -0.980. The summed E-state index contributed by atoms with van der Waals surface area (Å²) < 4.78 is 42.8. The van der Waals surface area contributed by atoms with Gasteiger partial charge in [-0.1, -0.05) is 12.8 Å². The highest BCUT2D eigenvalue weighted by Gasteiger charge is 2.35.